The lowest BCUT2D eigenvalue weighted by Crippen LogP contribution is -2.30. The molecule has 126 valence electrons. The molecule has 1 atom stereocenters. The number of nitrogens with one attached hydrogen (secondary N) is 1. The average molecular weight is 327 g/mol. The zero-order chi connectivity index (χ0) is 17.1. The van der Waals surface area contributed by atoms with Gasteiger partial charge in [0.15, 0.2) is 17.6 Å². The van der Waals surface area contributed by atoms with Gasteiger partial charge in [-0.2, -0.15) is 0 Å². The second kappa shape index (κ2) is 6.83. The van der Waals surface area contributed by atoms with Gasteiger partial charge in [-0.05, 0) is 36.6 Å². The van der Waals surface area contributed by atoms with E-state index in [1.54, 1.807) is 25.1 Å². The Bertz CT molecular complexity index is 742. The fourth-order valence-electron chi connectivity index (χ4n) is 2.53. The van der Waals surface area contributed by atoms with Crippen LogP contribution in [-0.2, 0) is 4.79 Å². The van der Waals surface area contributed by atoms with Crippen LogP contribution in [0.25, 0.3) is 0 Å². The number of carbonyl (C=O) groups is 1. The number of benzene rings is 2. The van der Waals surface area contributed by atoms with Gasteiger partial charge >= 0.3 is 0 Å². The van der Waals surface area contributed by atoms with Gasteiger partial charge in [-0.3, -0.25) is 4.79 Å². The number of anilines is 1. The third-order valence-electron chi connectivity index (χ3n) is 3.85. The van der Waals surface area contributed by atoms with Gasteiger partial charge in [0.25, 0.3) is 5.91 Å². The summed E-state index contributed by atoms with van der Waals surface area (Å²) in [4.78, 5) is 12.4. The lowest BCUT2D eigenvalue weighted by molar-refractivity contribution is -0.122. The van der Waals surface area contributed by atoms with Gasteiger partial charge < -0.3 is 19.5 Å². The highest BCUT2D eigenvalue weighted by molar-refractivity contribution is 5.94. The Hall–Kier alpha value is -2.69. The summed E-state index contributed by atoms with van der Waals surface area (Å²) >= 11 is 0. The van der Waals surface area contributed by atoms with E-state index in [0.717, 1.165) is 11.3 Å². The Morgan fingerprint density at radius 2 is 1.83 bits per heavy atom. The molecule has 5 heteroatoms. The molecular weight excluding hydrogens is 306 g/mol. The lowest BCUT2D eigenvalue weighted by Gasteiger charge is -2.18. The Morgan fingerprint density at radius 1 is 1.08 bits per heavy atom. The summed E-state index contributed by atoms with van der Waals surface area (Å²) in [5, 5.41) is 2.84. The highest BCUT2D eigenvalue weighted by atomic mass is 16.7. The molecular formula is C19H21NO4. The van der Waals surface area contributed by atoms with E-state index < -0.39 is 6.10 Å². The molecule has 2 aromatic rings. The van der Waals surface area contributed by atoms with Crippen molar-refractivity contribution in [2.45, 2.75) is 32.8 Å². The quantitative estimate of drug-likeness (QED) is 0.903. The normalized spacial score (nSPS) is 13.7. The lowest BCUT2D eigenvalue weighted by atomic mass is 10.0. The standard InChI is InChI=1S/C19H21NO4/c1-12(2)15-6-4-5-7-16(15)24-13(3)19(21)20-14-8-9-17-18(10-14)23-11-22-17/h4-10,12-13H,11H2,1-3H3,(H,20,21)/t13-/m0/s1. The van der Waals surface area contributed by atoms with E-state index in [4.69, 9.17) is 14.2 Å². The molecule has 1 aliphatic rings. The van der Waals surface area contributed by atoms with Crippen molar-refractivity contribution in [1.29, 1.82) is 0 Å². The van der Waals surface area contributed by atoms with Gasteiger partial charge in [0.1, 0.15) is 5.75 Å². The predicted molar refractivity (Wildman–Crippen MR) is 91.8 cm³/mol. The van der Waals surface area contributed by atoms with E-state index in [0.29, 0.717) is 23.1 Å². The van der Waals surface area contributed by atoms with Crippen molar-refractivity contribution in [3.8, 4) is 17.2 Å². The van der Waals surface area contributed by atoms with Crippen molar-refractivity contribution in [3.63, 3.8) is 0 Å². The van der Waals surface area contributed by atoms with Crippen molar-refractivity contribution < 1.29 is 19.0 Å². The third-order valence-corrected chi connectivity index (χ3v) is 3.85. The van der Waals surface area contributed by atoms with Gasteiger partial charge in [-0.15, -0.1) is 0 Å². The first-order valence-corrected chi connectivity index (χ1v) is 8.00. The van der Waals surface area contributed by atoms with Crippen LogP contribution in [0.1, 0.15) is 32.3 Å². The summed E-state index contributed by atoms with van der Waals surface area (Å²) in [6.45, 7) is 6.14. The third kappa shape index (κ3) is 3.45. The molecule has 24 heavy (non-hydrogen) atoms. The van der Waals surface area contributed by atoms with E-state index in [2.05, 4.69) is 19.2 Å². The van der Waals surface area contributed by atoms with Crippen LogP contribution in [0, 0.1) is 0 Å². The monoisotopic (exact) mass is 327 g/mol. The van der Waals surface area contributed by atoms with Gasteiger partial charge in [-0.25, -0.2) is 0 Å². The molecule has 0 unspecified atom stereocenters. The molecule has 0 aliphatic carbocycles. The minimum absolute atomic E-state index is 0.207. The Morgan fingerprint density at radius 3 is 2.62 bits per heavy atom. The molecule has 1 heterocycles. The molecule has 5 nitrogen and oxygen atoms in total. The summed E-state index contributed by atoms with van der Waals surface area (Å²) in [6.07, 6.45) is -0.615. The average Bonchev–Trinajstić information content (AvgIpc) is 3.02. The van der Waals surface area contributed by atoms with Crippen molar-refractivity contribution >= 4 is 11.6 Å². The molecule has 0 saturated heterocycles. The molecule has 0 spiro atoms. The Labute approximate surface area is 141 Å². The number of hydrogen-bond donors (Lipinski definition) is 1. The fourth-order valence-corrected chi connectivity index (χ4v) is 2.53. The van der Waals surface area contributed by atoms with Crippen molar-refractivity contribution in [2.24, 2.45) is 0 Å². The minimum Gasteiger partial charge on any atom is -0.481 e. The highest BCUT2D eigenvalue weighted by Crippen LogP contribution is 2.34. The maximum absolute atomic E-state index is 12.4. The summed E-state index contributed by atoms with van der Waals surface area (Å²) in [6, 6.07) is 13.1. The number of para-hydroxylation sites is 1. The SMILES string of the molecule is CC(C)c1ccccc1O[C@@H](C)C(=O)Nc1ccc2c(c1)OCO2. The summed E-state index contributed by atoms with van der Waals surface area (Å²) < 4.78 is 16.4. The molecule has 0 radical (unpaired) electrons. The first-order chi connectivity index (χ1) is 11.5. The van der Waals surface area contributed by atoms with Crippen LogP contribution >= 0.6 is 0 Å². The second-order valence-corrected chi connectivity index (χ2v) is 6.01. The van der Waals surface area contributed by atoms with Crippen LogP contribution in [0.4, 0.5) is 5.69 Å². The van der Waals surface area contributed by atoms with E-state index in [1.165, 1.54) is 0 Å². The van der Waals surface area contributed by atoms with Crippen LogP contribution in [0.3, 0.4) is 0 Å². The maximum Gasteiger partial charge on any atom is 0.265 e. The van der Waals surface area contributed by atoms with E-state index >= 15 is 0 Å². The summed E-state index contributed by atoms with van der Waals surface area (Å²) in [5.74, 6) is 2.16. The van der Waals surface area contributed by atoms with Gasteiger partial charge in [0.2, 0.25) is 6.79 Å². The van der Waals surface area contributed by atoms with Gasteiger partial charge in [-0.1, -0.05) is 32.0 Å². The summed E-state index contributed by atoms with van der Waals surface area (Å²) in [5.41, 5.74) is 1.73. The number of hydrogen-bond acceptors (Lipinski definition) is 4. The highest BCUT2D eigenvalue weighted by Gasteiger charge is 2.19. The van der Waals surface area contributed by atoms with E-state index in [-0.39, 0.29) is 12.7 Å². The first-order valence-electron chi connectivity index (χ1n) is 8.00. The van der Waals surface area contributed by atoms with Gasteiger partial charge in [0.05, 0.1) is 0 Å². The topological polar surface area (TPSA) is 56.8 Å². The smallest absolute Gasteiger partial charge is 0.265 e. The van der Waals surface area contributed by atoms with Gasteiger partial charge in [0, 0.05) is 11.8 Å². The number of ether oxygens (including phenoxy) is 3. The fraction of sp³-hybridized carbons (Fsp3) is 0.316. The number of amides is 1. The molecule has 1 amide bonds. The summed E-state index contributed by atoms with van der Waals surface area (Å²) in [7, 11) is 0. The number of carbonyl (C=O) groups excluding carboxylic acids is 1. The zero-order valence-corrected chi connectivity index (χ0v) is 14.0. The molecule has 0 aromatic heterocycles. The molecule has 1 N–H and O–H groups in total. The predicted octanol–water partition coefficient (Wildman–Crippen LogP) is 3.94. The van der Waals surface area contributed by atoms with Crippen LogP contribution in [0.2, 0.25) is 0 Å². The molecule has 0 saturated carbocycles. The van der Waals surface area contributed by atoms with Crippen LogP contribution in [0.15, 0.2) is 42.5 Å². The number of fused-ring (bicyclic) bond motifs is 1. The molecule has 3 rings (SSSR count). The second-order valence-electron chi connectivity index (χ2n) is 6.01. The number of rotatable bonds is 5. The first kappa shape index (κ1) is 16.2. The molecule has 2 aromatic carbocycles. The van der Waals surface area contributed by atoms with Crippen molar-refractivity contribution in [2.75, 3.05) is 12.1 Å². The molecule has 0 bridgehead atoms. The minimum atomic E-state index is -0.615. The largest absolute Gasteiger partial charge is 0.481 e. The maximum atomic E-state index is 12.4. The Kier molecular flexibility index (Phi) is 4.60. The Balaban J connectivity index is 1.67. The van der Waals surface area contributed by atoms with E-state index in [1.807, 2.05) is 24.3 Å². The molecule has 1 aliphatic heterocycles. The van der Waals surface area contributed by atoms with Crippen LogP contribution in [-0.4, -0.2) is 18.8 Å². The van der Waals surface area contributed by atoms with Crippen molar-refractivity contribution in [3.05, 3.63) is 48.0 Å². The molecule has 0 fully saturated rings. The van der Waals surface area contributed by atoms with Crippen LogP contribution in [0.5, 0.6) is 17.2 Å². The van der Waals surface area contributed by atoms with E-state index in [9.17, 15) is 4.79 Å². The van der Waals surface area contributed by atoms with Crippen LogP contribution < -0.4 is 19.5 Å². The van der Waals surface area contributed by atoms with Crippen molar-refractivity contribution in [1.82, 2.24) is 0 Å². The zero-order valence-electron chi connectivity index (χ0n) is 14.0.